The fourth-order valence-corrected chi connectivity index (χ4v) is 2.73. The van der Waals surface area contributed by atoms with E-state index in [1.54, 1.807) is 24.3 Å². The van der Waals surface area contributed by atoms with Crippen molar-refractivity contribution in [1.29, 1.82) is 0 Å². The zero-order chi connectivity index (χ0) is 13.2. The van der Waals surface area contributed by atoms with Gasteiger partial charge in [0.1, 0.15) is 0 Å². The van der Waals surface area contributed by atoms with Crippen molar-refractivity contribution in [3.8, 4) is 0 Å². The first kappa shape index (κ1) is 14.8. The first-order valence-corrected chi connectivity index (χ1v) is 6.67. The lowest BCUT2D eigenvalue weighted by atomic mass is 9.87. The lowest BCUT2D eigenvalue weighted by Gasteiger charge is -2.39. The molecule has 3 heterocycles. The molecule has 0 saturated carbocycles. The van der Waals surface area contributed by atoms with E-state index in [1.165, 1.54) is 0 Å². The number of piperidine rings is 3. The summed E-state index contributed by atoms with van der Waals surface area (Å²) in [6.45, 7) is 3.22. The van der Waals surface area contributed by atoms with E-state index in [2.05, 4.69) is 15.4 Å². The molecule has 6 heteroatoms. The highest BCUT2D eigenvalue weighted by atomic mass is 35.5. The number of nitrogens with one attached hydrogen (secondary N) is 1. The number of carbonyl (C=O) groups excluding carboxylic acids is 1. The summed E-state index contributed by atoms with van der Waals surface area (Å²) in [6.07, 6.45) is 2.33. The summed E-state index contributed by atoms with van der Waals surface area (Å²) in [5, 5.41) is 4.31. The molecule has 0 spiro atoms. The Bertz CT molecular complexity index is 506. The highest BCUT2D eigenvalue weighted by molar-refractivity contribution is 5.96. The first-order valence-electron chi connectivity index (χ1n) is 6.67. The van der Waals surface area contributed by atoms with Gasteiger partial charge < -0.3 is 5.73 Å². The van der Waals surface area contributed by atoms with Crippen molar-refractivity contribution in [2.45, 2.75) is 12.8 Å². The van der Waals surface area contributed by atoms with Crippen LogP contribution in [0, 0.1) is 5.92 Å². The number of benzene rings is 1. The van der Waals surface area contributed by atoms with Gasteiger partial charge in [0.2, 0.25) is 0 Å². The molecule has 1 aromatic carbocycles. The number of fused-ring (bicyclic) bond motifs is 3. The molecule has 3 N–H and O–H groups in total. The van der Waals surface area contributed by atoms with Crippen LogP contribution in [0.1, 0.15) is 23.2 Å². The van der Waals surface area contributed by atoms with Crippen LogP contribution in [0.3, 0.4) is 0 Å². The van der Waals surface area contributed by atoms with Crippen LogP contribution < -0.4 is 11.2 Å². The molecule has 0 aliphatic carbocycles. The summed E-state index contributed by atoms with van der Waals surface area (Å²) in [5.74, 6) is 0.376. The van der Waals surface area contributed by atoms with Crippen LogP contribution in [0.15, 0.2) is 29.4 Å². The molecule has 108 valence electrons. The number of halogens is 1. The number of nitrogen functional groups attached to an aromatic ring is 1. The molecule has 5 nitrogen and oxygen atoms in total. The molecular weight excluding hydrogens is 276 g/mol. The average Bonchev–Trinajstić information content (AvgIpc) is 2.47. The van der Waals surface area contributed by atoms with Crippen molar-refractivity contribution in [3.63, 3.8) is 0 Å². The summed E-state index contributed by atoms with van der Waals surface area (Å²) in [6, 6.07) is 6.86. The van der Waals surface area contributed by atoms with Gasteiger partial charge in [-0.2, -0.15) is 5.10 Å². The van der Waals surface area contributed by atoms with Crippen molar-refractivity contribution >= 4 is 29.7 Å². The average molecular weight is 295 g/mol. The molecule has 1 amide bonds. The van der Waals surface area contributed by atoms with Gasteiger partial charge in [0, 0.05) is 23.7 Å². The Morgan fingerprint density at radius 3 is 2.45 bits per heavy atom. The second-order valence-corrected chi connectivity index (χ2v) is 5.22. The molecule has 20 heavy (non-hydrogen) atoms. The van der Waals surface area contributed by atoms with E-state index in [1.807, 2.05) is 0 Å². The summed E-state index contributed by atoms with van der Waals surface area (Å²) in [7, 11) is 0. The molecule has 0 radical (unpaired) electrons. The molecule has 4 rings (SSSR count). The number of hydrazone groups is 1. The minimum Gasteiger partial charge on any atom is -0.399 e. The minimum atomic E-state index is -0.177. The maximum absolute atomic E-state index is 11.9. The lowest BCUT2D eigenvalue weighted by Crippen LogP contribution is -2.48. The predicted octanol–water partition coefficient (Wildman–Crippen LogP) is 1.50. The Morgan fingerprint density at radius 2 is 1.90 bits per heavy atom. The second-order valence-electron chi connectivity index (χ2n) is 5.22. The summed E-state index contributed by atoms with van der Waals surface area (Å²) in [5.41, 5.74) is 10.6. The van der Waals surface area contributed by atoms with E-state index in [9.17, 15) is 4.79 Å². The molecule has 3 saturated heterocycles. The van der Waals surface area contributed by atoms with Gasteiger partial charge in [0.05, 0.1) is 5.71 Å². The highest BCUT2D eigenvalue weighted by Crippen LogP contribution is 2.24. The van der Waals surface area contributed by atoms with Crippen molar-refractivity contribution in [2.24, 2.45) is 11.0 Å². The molecule has 3 aliphatic heterocycles. The Morgan fingerprint density at radius 1 is 1.25 bits per heavy atom. The van der Waals surface area contributed by atoms with E-state index in [0.29, 0.717) is 17.2 Å². The van der Waals surface area contributed by atoms with E-state index in [4.69, 9.17) is 5.73 Å². The van der Waals surface area contributed by atoms with Crippen molar-refractivity contribution in [1.82, 2.24) is 10.3 Å². The largest absolute Gasteiger partial charge is 0.399 e. The quantitative estimate of drug-likeness (QED) is 0.641. The minimum absolute atomic E-state index is 0. The summed E-state index contributed by atoms with van der Waals surface area (Å²) < 4.78 is 0. The fraction of sp³-hybridized carbons (Fsp3) is 0.429. The smallest absolute Gasteiger partial charge is 0.271 e. The van der Waals surface area contributed by atoms with Crippen LogP contribution in [-0.2, 0) is 0 Å². The Labute approximate surface area is 124 Å². The van der Waals surface area contributed by atoms with Gasteiger partial charge >= 0.3 is 0 Å². The number of nitrogens with two attached hydrogens (primary N) is 1. The number of rotatable bonds is 2. The van der Waals surface area contributed by atoms with Gasteiger partial charge in [0.25, 0.3) is 5.91 Å². The third kappa shape index (κ3) is 3.11. The zero-order valence-corrected chi connectivity index (χ0v) is 12.0. The number of carbonyl (C=O) groups is 1. The summed E-state index contributed by atoms with van der Waals surface area (Å²) >= 11 is 0. The van der Waals surface area contributed by atoms with Crippen molar-refractivity contribution in [2.75, 3.05) is 25.4 Å². The molecule has 1 aromatic rings. The maximum Gasteiger partial charge on any atom is 0.271 e. The highest BCUT2D eigenvalue weighted by Gasteiger charge is 2.30. The first-order chi connectivity index (χ1) is 9.22. The van der Waals surface area contributed by atoms with Crippen LogP contribution in [0.25, 0.3) is 0 Å². The third-order valence-electron chi connectivity index (χ3n) is 3.92. The monoisotopic (exact) mass is 294 g/mol. The Hall–Kier alpha value is -1.59. The van der Waals surface area contributed by atoms with Crippen molar-refractivity contribution < 1.29 is 4.79 Å². The molecule has 0 aromatic heterocycles. The number of hydrogen-bond acceptors (Lipinski definition) is 4. The van der Waals surface area contributed by atoms with Gasteiger partial charge in [-0.25, -0.2) is 5.43 Å². The number of anilines is 1. The third-order valence-corrected chi connectivity index (χ3v) is 3.92. The second kappa shape index (κ2) is 6.24. The van der Waals surface area contributed by atoms with Crippen LogP contribution in [0.4, 0.5) is 5.69 Å². The van der Waals surface area contributed by atoms with E-state index in [-0.39, 0.29) is 18.3 Å². The molecule has 2 bridgehead atoms. The van der Waals surface area contributed by atoms with Gasteiger partial charge in [-0.1, -0.05) is 0 Å². The van der Waals surface area contributed by atoms with Crippen LogP contribution in [-0.4, -0.2) is 36.2 Å². The van der Waals surface area contributed by atoms with E-state index in [0.717, 1.165) is 38.2 Å². The fourth-order valence-electron chi connectivity index (χ4n) is 2.73. The van der Waals surface area contributed by atoms with Gasteiger partial charge in [-0.3, -0.25) is 9.69 Å². The molecule has 0 atom stereocenters. The van der Waals surface area contributed by atoms with Gasteiger partial charge in [-0.05, 0) is 50.2 Å². The topological polar surface area (TPSA) is 70.7 Å². The zero-order valence-electron chi connectivity index (χ0n) is 11.2. The van der Waals surface area contributed by atoms with Crippen LogP contribution >= 0.6 is 12.4 Å². The van der Waals surface area contributed by atoms with Gasteiger partial charge in [0.15, 0.2) is 0 Å². The number of hydrogen-bond donors (Lipinski definition) is 2. The van der Waals surface area contributed by atoms with Crippen molar-refractivity contribution in [3.05, 3.63) is 29.8 Å². The summed E-state index contributed by atoms with van der Waals surface area (Å²) in [4.78, 5) is 14.3. The SMILES string of the molecule is Cl.Nc1ccc(C(=O)N/N=C2/CN3CCC2CC3)cc1. The predicted molar refractivity (Wildman–Crippen MR) is 82.2 cm³/mol. The normalized spacial score (nSPS) is 26.1. The maximum atomic E-state index is 11.9. The number of amides is 1. The van der Waals surface area contributed by atoms with Gasteiger partial charge in [-0.15, -0.1) is 12.4 Å². The van der Waals surface area contributed by atoms with Crippen LogP contribution in [0.5, 0.6) is 0 Å². The number of nitrogens with zero attached hydrogens (tertiary/aromatic N) is 2. The molecule has 3 aliphatic rings. The molecular formula is C14H19ClN4O. The van der Waals surface area contributed by atoms with Crippen LogP contribution in [0.2, 0.25) is 0 Å². The molecule has 3 fully saturated rings. The Kier molecular flexibility index (Phi) is 4.62. The lowest BCUT2D eigenvalue weighted by molar-refractivity contribution is 0.0953. The Balaban J connectivity index is 0.00000147. The standard InChI is InChI=1S/C14H18N4O.ClH/c15-12-3-1-11(2-4-12)14(19)17-16-13-9-18-7-5-10(13)6-8-18;/h1-4,10H,5-9,15H2,(H,17,19);1H/b16-13-;. The van der Waals surface area contributed by atoms with E-state index < -0.39 is 0 Å². The van der Waals surface area contributed by atoms with E-state index >= 15 is 0 Å². The molecule has 0 unspecified atom stereocenters.